The highest BCUT2D eigenvalue weighted by atomic mass is 16.2. The summed E-state index contributed by atoms with van der Waals surface area (Å²) in [6.45, 7) is 6.95. The van der Waals surface area contributed by atoms with E-state index in [9.17, 15) is 9.59 Å². The van der Waals surface area contributed by atoms with Gasteiger partial charge in [0.2, 0.25) is 11.8 Å². The van der Waals surface area contributed by atoms with Crippen LogP contribution in [0.2, 0.25) is 0 Å². The Morgan fingerprint density at radius 1 is 1.25 bits per heavy atom. The van der Waals surface area contributed by atoms with Gasteiger partial charge >= 0.3 is 0 Å². The summed E-state index contributed by atoms with van der Waals surface area (Å²) in [5.74, 6) is -0.150. The highest BCUT2D eigenvalue weighted by Gasteiger charge is 2.27. The van der Waals surface area contributed by atoms with Crippen molar-refractivity contribution in [3.05, 3.63) is 35.9 Å². The second-order valence-corrected chi connectivity index (χ2v) is 7.04. The first kappa shape index (κ1) is 18.5. The maximum Gasteiger partial charge on any atom is 0.243 e. The van der Waals surface area contributed by atoms with Crippen molar-refractivity contribution in [2.75, 3.05) is 6.54 Å². The quantitative estimate of drug-likeness (QED) is 0.742. The minimum absolute atomic E-state index is 0.0452. The summed E-state index contributed by atoms with van der Waals surface area (Å²) in [7, 11) is 0. The van der Waals surface area contributed by atoms with E-state index in [1.54, 1.807) is 0 Å². The van der Waals surface area contributed by atoms with E-state index in [4.69, 9.17) is 0 Å². The monoisotopic (exact) mass is 331 g/mol. The lowest BCUT2D eigenvalue weighted by Gasteiger charge is -2.31. The molecule has 1 saturated heterocycles. The van der Waals surface area contributed by atoms with E-state index < -0.39 is 6.04 Å². The van der Waals surface area contributed by atoms with Crippen LogP contribution in [0.15, 0.2) is 30.3 Å². The molecule has 2 rings (SSSR count). The maximum atomic E-state index is 12.6. The summed E-state index contributed by atoms with van der Waals surface area (Å²) in [4.78, 5) is 24.9. The second kappa shape index (κ2) is 8.83. The lowest BCUT2D eigenvalue weighted by atomic mass is 9.98. The molecule has 0 aliphatic carbocycles. The van der Waals surface area contributed by atoms with Gasteiger partial charge in [0.15, 0.2) is 0 Å². The van der Waals surface area contributed by atoms with Gasteiger partial charge in [-0.1, -0.05) is 44.2 Å². The molecule has 0 aromatic heterocycles. The van der Waals surface area contributed by atoms with E-state index in [0.717, 1.165) is 24.9 Å². The zero-order valence-electron chi connectivity index (χ0n) is 14.8. The third-order valence-corrected chi connectivity index (χ3v) is 4.44. The van der Waals surface area contributed by atoms with E-state index in [2.05, 4.69) is 22.9 Å². The van der Waals surface area contributed by atoms with Crippen LogP contribution < -0.4 is 16.0 Å². The molecular weight excluding hydrogens is 302 g/mol. The Labute approximate surface area is 144 Å². The molecule has 24 heavy (non-hydrogen) atoms. The lowest BCUT2D eigenvalue weighted by Crippen LogP contribution is -2.54. The minimum Gasteiger partial charge on any atom is -0.351 e. The first-order valence-corrected chi connectivity index (χ1v) is 8.82. The molecule has 1 heterocycles. The fourth-order valence-corrected chi connectivity index (χ4v) is 3.09. The van der Waals surface area contributed by atoms with Gasteiger partial charge < -0.3 is 16.0 Å². The summed E-state index contributed by atoms with van der Waals surface area (Å²) in [6.07, 6.45) is 2.15. The molecule has 1 aliphatic heterocycles. The van der Waals surface area contributed by atoms with Crippen LogP contribution in [0.1, 0.15) is 39.2 Å². The normalized spacial score (nSPS) is 22.0. The lowest BCUT2D eigenvalue weighted by molar-refractivity contribution is -0.130. The zero-order chi connectivity index (χ0) is 17.5. The molecule has 0 saturated carbocycles. The van der Waals surface area contributed by atoms with E-state index in [1.165, 1.54) is 0 Å². The topological polar surface area (TPSA) is 70.2 Å². The Hall–Kier alpha value is -1.88. The Morgan fingerprint density at radius 3 is 2.58 bits per heavy atom. The van der Waals surface area contributed by atoms with Crippen LogP contribution in [-0.4, -0.2) is 36.5 Å². The molecule has 3 unspecified atom stereocenters. The van der Waals surface area contributed by atoms with E-state index in [1.807, 2.05) is 44.2 Å². The SMILES string of the molecule is CC1CC(NC(=O)C(NC(=O)Cc2ccccc2)C(C)C)CCN1. The number of rotatable bonds is 6. The summed E-state index contributed by atoms with van der Waals surface area (Å²) in [6, 6.07) is 9.68. The van der Waals surface area contributed by atoms with Crippen molar-refractivity contribution >= 4 is 11.8 Å². The van der Waals surface area contributed by atoms with Crippen LogP contribution in [0.3, 0.4) is 0 Å². The highest BCUT2D eigenvalue weighted by Crippen LogP contribution is 2.10. The Bertz CT molecular complexity index is 545. The molecule has 132 valence electrons. The molecular formula is C19H29N3O2. The molecule has 1 fully saturated rings. The molecule has 0 radical (unpaired) electrons. The van der Waals surface area contributed by atoms with Gasteiger partial charge in [-0.15, -0.1) is 0 Å². The van der Waals surface area contributed by atoms with Crippen LogP contribution in [-0.2, 0) is 16.0 Å². The summed E-state index contributed by atoms with van der Waals surface area (Å²) in [5.41, 5.74) is 0.949. The Kier molecular flexibility index (Phi) is 6.79. The van der Waals surface area contributed by atoms with Gasteiger partial charge in [-0.2, -0.15) is 0 Å². The maximum absolute atomic E-state index is 12.6. The number of nitrogens with one attached hydrogen (secondary N) is 3. The van der Waals surface area contributed by atoms with Crippen LogP contribution in [0.5, 0.6) is 0 Å². The van der Waals surface area contributed by atoms with Gasteiger partial charge in [0.1, 0.15) is 6.04 Å². The molecule has 0 spiro atoms. The highest BCUT2D eigenvalue weighted by molar-refractivity contribution is 5.88. The number of hydrogen-bond acceptors (Lipinski definition) is 3. The van der Waals surface area contributed by atoms with Gasteiger partial charge in [0, 0.05) is 12.1 Å². The van der Waals surface area contributed by atoms with Crippen LogP contribution in [0.4, 0.5) is 0 Å². The average Bonchev–Trinajstić information content (AvgIpc) is 2.53. The average molecular weight is 331 g/mol. The van der Waals surface area contributed by atoms with Crippen molar-refractivity contribution in [2.24, 2.45) is 5.92 Å². The number of carbonyl (C=O) groups is 2. The summed E-state index contributed by atoms with van der Waals surface area (Å²) < 4.78 is 0. The number of carbonyl (C=O) groups excluding carboxylic acids is 2. The van der Waals surface area contributed by atoms with Gasteiger partial charge in [0.25, 0.3) is 0 Å². The van der Waals surface area contributed by atoms with Gasteiger partial charge in [-0.25, -0.2) is 0 Å². The fourth-order valence-electron chi connectivity index (χ4n) is 3.09. The van der Waals surface area contributed by atoms with Crippen molar-refractivity contribution in [3.8, 4) is 0 Å². The van der Waals surface area contributed by atoms with Crippen molar-refractivity contribution in [1.82, 2.24) is 16.0 Å². The molecule has 2 amide bonds. The van der Waals surface area contributed by atoms with E-state index in [0.29, 0.717) is 12.5 Å². The smallest absolute Gasteiger partial charge is 0.243 e. The molecule has 5 heteroatoms. The van der Waals surface area contributed by atoms with Gasteiger partial charge in [-0.3, -0.25) is 9.59 Å². The van der Waals surface area contributed by atoms with E-state index >= 15 is 0 Å². The zero-order valence-corrected chi connectivity index (χ0v) is 14.8. The van der Waals surface area contributed by atoms with Crippen LogP contribution in [0, 0.1) is 5.92 Å². The minimum atomic E-state index is -0.494. The Morgan fingerprint density at radius 2 is 1.96 bits per heavy atom. The number of piperidine rings is 1. The predicted octanol–water partition coefficient (Wildman–Crippen LogP) is 1.63. The molecule has 1 aromatic rings. The molecule has 1 aromatic carbocycles. The number of benzene rings is 1. The molecule has 3 atom stereocenters. The van der Waals surface area contributed by atoms with Crippen molar-refractivity contribution < 1.29 is 9.59 Å². The molecule has 5 nitrogen and oxygen atoms in total. The Balaban J connectivity index is 1.90. The molecule has 1 aliphatic rings. The third kappa shape index (κ3) is 5.64. The number of hydrogen-bond donors (Lipinski definition) is 3. The predicted molar refractivity (Wildman–Crippen MR) is 95.5 cm³/mol. The van der Waals surface area contributed by atoms with Crippen molar-refractivity contribution in [2.45, 2.75) is 58.2 Å². The van der Waals surface area contributed by atoms with Crippen molar-refractivity contribution in [1.29, 1.82) is 0 Å². The molecule has 0 bridgehead atoms. The van der Waals surface area contributed by atoms with Crippen molar-refractivity contribution in [3.63, 3.8) is 0 Å². The van der Waals surface area contributed by atoms with Crippen LogP contribution in [0.25, 0.3) is 0 Å². The largest absolute Gasteiger partial charge is 0.351 e. The first-order chi connectivity index (χ1) is 11.5. The fraction of sp³-hybridized carbons (Fsp3) is 0.579. The number of amides is 2. The van der Waals surface area contributed by atoms with Crippen LogP contribution >= 0.6 is 0 Å². The van der Waals surface area contributed by atoms with Gasteiger partial charge in [0.05, 0.1) is 6.42 Å². The molecule has 3 N–H and O–H groups in total. The second-order valence-electron chi connectivity index (χ2n) is 7.04. The van der Waals surface area contributed by atoms with E-state index in [-0.39, 0.29) is 23.8 Å². The van der Waals surface area contributed by atoms with Gasteiger partial charge in [-0.05, 0) is 37.8 Å². The third-order valence-electron chi connectivity index (χ3n) is 4.44. The summed E-state index contributed by atoms with van der Waals surface area (Å²) >= 11 is 0. The summed E-state index contributed by atoms with van der Waals surface area (Å²) in [5, 5.41) is 9.38. The first-order valence-electron chi connectivity index (χ1n) is 8.82. The standard InChI is InChI=1S/C19H29N3O2/c1-13(2)18(19(24)21-16-9-10-20-14(3)11-16)22-17(23)12-15-7-5-4-6-8-15/h4-8,13-14,16,18,20H,9-12H2,1-3H3,(H,21,24)(H,22,23).